The van der Waals surface area contributed by atoms with Crippen LogP contribution < -0.4 is 11.1 Å². The summed E-state index contributed by atoms with van der Waals surface area (Å²) in [5.74, 6) is -1.63. The van der Waals surface area contributed by atoms with Crippen LogP contribution in [0.1, 0.15) is 62.7 Å². The number of halogens is 4. The second-order valence-electron chi connectivity index (χ2n) is 9.57. The number of aromatic nitrogens is 6. The molecule has 1 aliphatic carbocycles. The second-order valence-corrected chi connectivity index (χ2v) is 10.4. The molecule has 4 aromatic rings. The number of nitrogens with zero attached hydrogens (tertiary/aromatic N) is 6. The van der Waals surface area contributed by atoms with E-state index >= 15 is 0 Å². The average Bonchev–Trinajstić information content (AvgIpc) is 3.59. The first-order valence-electron chi connectivity index (χ1n) is 12.8. The van der Waals surface area contributed by atoms with Crippen molar-refractivity contribution in [1.29, 1.82) is 0 Å². The van der Waals surface area contributed by atoms with Crippen LogP contribution in [0.5, 0.6) is 0 Å². The Balaban J connectivity index is 0.000000397. The molecule has 1 atom stereocenters. The first-order chi connectivity index (χ1) is 19.7. The fourth-order valence-electron chi connectivity index (χ4n) is 4.29. The van der Waals surface area contributed by atoms with Crippen molar-refractivity contribution in [2.45, 2.75) is 58.5 Å². The van der Waals surface area contributed by atoms with Gasteiger partial charge in [0.15, 0.2) is 11.5 Å². The number of nitrogen functional groups attached to an aromatic ring is 1. The van der Waals surface area contributed by atoms with Crippen molar-refractivity contribution in [2.75, 3.05) is 23.6 Å². The molecular formula is C27H35F4N9OS. The zero-order valence-corrected chi connectivity index (χ0v) is 25.3. The number of carbonyl (C=O) groups excluding carboxylic acids is 1. The first-order valence-corrected chi connectivity index (χ1v) is 14.4. The predicted octanol–water partition coefficient (Wildman–Crippen LogP) is 6.32. The summed E-state index contributed by atoms with van der Waals surface area (Å²) in [5, 5.41) is 12.8. The number of H-pyrrole nitrogens is 1. The zero-order chi connectivity index (χ0) is 31.8. The topological polar surface area (TPSA) is 139 Å². The van der Waals surface area contributed by atoms with Crippen molar-refractivity contribution < 1.29 is 22.4 Å². The summed E-state index contributed by atoms with van der Waals surface area (Å²) in [4.78, 5) is 23.9. The molecule has 15 heteroatoms. The Hall–Kier alpha value is -4.01. The Labute approximate surface area is 245 Å². The van der Waals surface area contributed by atoms with Gasteiger partial charge in [-0.15, -0.1) is 5.10 Å². The summed E-state index contributed by atoms with van der Waals surface area (Å²) in [6, 6.07) is 4.88. The highest BCUT2D eigenvalue weighted by Crippen LogP contribution is 2.46. The summed E-state index contributed by atoms with van der Waals surface area (Å²) < 4.78 is 53.8. The molecule has 1 aliphatic rings. The monoisotopic (exact) mass is 609 g/mol. The standard InChI is InChI=1S/C18H16F4N6O.C5H7N3.C2H6S.C2H6/c1-17(2)6-9(10-7-24-14-5-12(19)27-28(14)15(10)17)16(29)25-8-3-11(18(20,21)22)26-13(23)4-8;1-4-3-5(6-2)8-7-4;1-3-2;1-2/h3-5,7,9H,6H2,1-2H3,(H3,23,25,26,29);3H,2H2,1H3,(H,7,8);1-2H3;1-2H3. The molecule has 0 spiro atoms. The number of aliphatic imine (C=N–C) groups is 1. The van der Waals surface area contributed by atoms with Crippen LogP contribution in [0.4, 0.5) is 34.9 Å². The number of nitrogens with two attached hydrogens (primary N) is 1. The van der Waals surface area contributed by atoms with Gasteiger partial charge in [0, 0.05) is 46.8 Å². The molecule has 0 bridgehead atoms. The van der Waals surface area contributed by atoms with E-state index in [1.807, 2.05) is 53.2 Å². The van der Waals surface area contributed by atoms with Crippen molar-refractivity contribution in [3.05, 3.63) is 59.1 Å². The number of pyridine rings is 1. The number of nitrogens with one attached hydrogen (secondary N) is 2. The summed E-state index contributed by atoms with van der Waals surface area (Å²) in [6.45, 7) is 13.0. The number of hydrogen-bond donors (Lipinski definition) is 3. The van der Waals surface area contributed by atoms with E-state index < -0.39 is 35.1 Å². The van der Waals surface area contributed by atoms with Crippen molar-refractivity contribution >= 4 is 47.4 Å². The molecule has 0 radical (unpaired) electrons. The molecule has 1 unspecified atom stereocenters. The van der Waals surface area contributed by atoms with E-state index in [-0.39, 0.29) is 11.5 Å². The third-order valence-corrected chi connectivity index (χ3v) is 5.79. The van der Waals surface area contributed by atoms with E-state index in [1.165, 1.54) is 16.8 Å². The summed E-state index contributed by atoms with van der Waals surface area (Å²) in [6.07, 6.45) is 1.21. The molecule has 5 rings (SSSR count). The van der Waals surface area contributed by atoms with Crippen LogP contribution in [0.15, 0.2) is 35.5 Å². The smallest absolute Gasteiger partial charge is 0.384 e. The van der Waals surface area contributed by atoms with Crippen LogP contribution in [-0.2, 0) is 16.4 Å². The number of aryl methyl sites for hydroxylation is 1. The minimum atomic E-state index is -4.70. The van der Waals surface area contributed by atoms with Gasteiger partial charge in [-0.25, -0.2) is 19.5 Å². The summed E-state index contributed by atoms with van der Waals surface area (Å²) in [7, 11) is 0. The normalized spacial score (nSPS) is 14.8. The quantitative estimate of drug-likeness (QED) is 0.182. The van der Waals surface area contributed by atoms with Gasteiger partial charge < -0.3 is 11.1 Å². The molecular weight excluding hydrogens is 574 g/mol. The zero-order valence-electron chi connectivity index (χ0n) is 24.5. The molecule has 0 aliphatic heterocycles. The Morgan fingerprint density at radius 2 is 1.88 bits per heavy atom. The fourth-order valence-corrected chi connectivity index (χ4v) is 4.29. The Morgan fingerprint density at radius 3 is 2.40 bits per heavy atom. The molecule has 1 amide bonds. The first kappa shape index (κ1) is 34.2. The highest BCUT2D eigenvalue weighted by atomic mass is 32.2. The number of anilines is 2. The number of aromatic amines is 1. The molecule has 0 aromatic carbocycles. The number of fused-ring (bicyclic) bond motifs is 3. The van der Waals surface area contributed by atoms with Gasteiger partial charge in [-0.1, -0.05) is 27.7 Å². The number of alkyl halides is 3. The van der Waals surface area contributed by atoms with Crippen LogP contribution >= 0.6 is 11.8 Å². The molecule has 0 saturated heterocycles. The summed E-state index contributed by atoms with van der Waals surface area (Å²) in [5.41, 5.74) is 6.10. The van der Waals surface area contributed by atoms with Crippen LogP contribution in [-0.4, -0.2) is 54.9 Å². The van der Waals surface area contributed by atoms with Gasteiger partial charge in [0.05, 0.1) is 11.6 Å². The minimum absolute atomic E-state index is 0.111. The van der Waals surface area contributed by atoms with Crippen molar-refractivity contribution in [2.24, 2.45) is 4.99 Å². The lowest BCUT2D eigenvalue weighted by atomic mass is 9.88. The minimum Gasteiger partial charge on any atom is -0.384 e. The maximum Gasteiger partial charge on any atom is 0.433 e. The van der Waals surface area contributed by atoms with Gasteiger partial charge in [0.1, 0.15) is 11.5 Å². The lowest BCUT2D eigenvalue weighted by Crippen LogP contribution is -2.22. The number of rotatable bonds is 3. The number of thioether (sulfide) groups is 1. The maximum atomic E-state index is 13.6. The predicted molar refractivity (Wildman–Crippen MR) is 159 cm³/mol. The third kappa shape index (κ3) is 8.27. The van der Waals surface area contributed by atoms with Gasteiger partial charge in [0.2, 0.25) is 11.9 Å². The van der Waals surface area contributed by atoms with E-state index in [0.29, 0.717) is 29.1 Å². The molecule has 0 fully saturated rings. The molecule has 10 nitrogen and oxygen atoms in total. The van der Waals surface area contributed by atoms with Gasteiger partial charge in [0.25, 0.3) is 0 Å². The van der Waals surface area contributed by atoms with Crippen LogP contribution in [0.25, 0.3) is 5.65 Å². The van der Waals surface area contributed by atoms with Crippen molar-refractivity contribution in [3.8, 4) is 0 Å². The highest BCUT2D eigenvalue weighted by molar-refractivity contribution is 7.97. The van der Waals surface area contributed by atoms with E-state index in [0.717, 1.165) is 17.8 Å². The lowest BCUT2D eigenvalue weighted by molar-refractivity contribution is -0.141. The lowest BCUT2D eigenvalue weighted by Gasteiger charge is -2.19. The Morgan fingerprint density at radius 1 is 1.24 bits per heavy atom. The van der Waals surface area contributed by atoms with Crippen LogP contribution in [0.2, 0.25) is 0 Å². The number of hydrogen-bond acceptors (Lipinski definition) is 8. The van der Waals surface area contributed by atoms with E-state index in [9.17, 15) is 22.4 Å². The number of amides is 1. The Kier molecular flexibility index (Phi) is 11.6. The van der Waals surface area contributed by atoms with Gasteiger partial charge in [-0.3, -0.25) is 9.89 Å². The fraction of sp³-hybridized carbons (Fsp3) is 0.407. The molecule has 4 N–H and O–H groups in total. The van der Waals surface area contributed by atoms with Crippen LogP contribution in [0, 0.1) is 12.9 Å². The van der Waals surface area contributed by atoms with Crippen molar-refractivity contribution in [3.63, 3.8) is 0 Å². The van der Waals surface area contributed by atoms with E-state index in [1.54, 1.807) is 11.8 Å². The largest absolute Gasteiger partial charge is 0.433 e. The Bertz CT molecular complexity index is 1520. The molecule has 42 heavy (non-hydrogen) atoms. The molecule has 4 heterocycles. The SMILES string of the molecule is C=Nc1cc(C)[nH]n1.CC.CC1(C)CC(C(=O)Nc2cc(N)nc(C(F)(F)F)c2)c2cnc3cc(F)nn3c21.CSC. The molecule has 228 valence electrons. The second kappa shape index (κ2) is 14.2. The van der Waals surface area contributed by atoms with Gasteiger partial charge in [-0.2, -0.15) is 34.4 Å². The van der Waals surface area contributed by atoms with Gasteiger partial charge in [-0.05, 0) is 38.6 Å². The van der Waals surface area contributed by atoms with Gasteiger partial charge >= 0.3 is 6.18 Å². The number of carbonyl (C=O) groups is 1. The maximum absolute atomic E-state index is 13.6. The van der Waals surface area contributed by atoms with Crippen LogP contribution in [0.3, 0.4) is 0 Å². The third-order valence-electron chi connectivity index (χ3n) is 5.79. The summed E-state index contributed by atoms with van der Waals surface area (Å²) >= 11 is 1.75. The highest BCUT2D eigenvalue weighted by Gasteiger charge is 2.43. The van der Waals surface area contributed by atoms with E-state index in [4.69, 9.17) is 5.73 Å². The molecule has 4 aromatic heterocycles. The van der Waals surface area contributed by atoms with E-state index in [2.05, 4.69) is 42.3 Å². The average molecular weight is 610 g/mol. The molecule has 0 saturated carbocycles. The van der Waals surface area contributed by atoms with Crippen molar-refractivity contribution in [1.82, 2.24) is 29.8 Å².